The van der Waals surface area contributed by atoms with Gasteiger partial charge in [0.25, 0.3) is 0 Å². The number of hydrogen-bond acceptors (Lipinski definition) is 1. The molecule has 0 atom stereocenters. The van der Waals surface area contributed by atoms with Gasteiger partial charge in [-0.05, 0) is 51.4 Å². The molecule has 0 aromatic heterocycles. The number of Topliss-reactive ketones (excluding diaryl/α,β-unsaturated/α-hetero) is 1. The van der Waals surface area contributed by atoms with Crippen LogP contribution in [0.5, 0.6) is 0 Å². The summed E-state index contributed by atoms with van der Waals surface area (Å²) in [6.07, 6.45) is 28.0. The molecule has 0 N–H and O–H groups in total. The first-order chi connectivity index (χ1) is 11.8. The van der Waals surface area contributed by atoms with Crippen LogP contribution in [-0.2, 0) is 4.79 Å². The molecule has 140 valence electrons. The molecule has 0 saturated carbocycles. The minimum Gasteiger partial charge on any atom is -0.300 e. The number of unbranched alkanes of at least 4 members (excludes halogenated alkanes) is 10. The summed E-state index contributed by atoms with van der Waals surface area (Å²) >= 11 is 0. The van der Waals surface area contributed by atoms with Crippen LogP contribution in [0.1, 0.15) is 117 Å². The van der Waals surface area contributed by atoms with Crippen LogP contribution in [0.2, 0.25) is 0 Å². The molecule has 0 fully saturated rings. The van der Waals surface area contributed by atoms with Crippen molar-refractivity contribution >= 4 is 5.78 Å². The van der Waals surface area contributed by atoms with Crippen LogP contribution in [0.3, 0.4) is 0 Å². The van der Waals surface area contributed by atoms with E-state index in [1.54, 1.807) is 0 Å². The zero-order valence-corrected chi connectivity index (χ0v) is 16.5. The standard InChI is InChI=1S/C23H42O/c1-3-5-7-9-11-13-15-17-19-21-23(24)22-20-18-16-14-12-10-8-6-4-2/h5-8H,3-4,9-22H2,1-2H3. The third-order valence-electron chi connectivity index (χ3n) is 4.46. The molecule has 0 aliphatic carbocycles. The smallest absolute Gasteiger partial charge is 0.132 e. The molecule has 0 bridgehead atoms. The number of hydrogen-bond donors (Lipinski definition) is 0. The summed E-state index contributed by atoms with van der Waals surface area (Å²) in [6, 6.07) is 0. The normalized spacial score (nSPS) is 11.8. The zero-order valence-electron chi connectivity index (χ0n) is 16.5. The maximum atomic E-state index is 11.8. The van der Waals surface area contributed by atoms with E-state index in [1.165, 1.54) is 64.2 Å². The first-order valence-electron chi connectivity index (χ1n) is 10.6. The molecule has 0 rings (SSSR count). The van der Waals surface area contributed by atoms with Crippen LogP contribution in [0, 0.1) is 0 Å². The molecule has 0 aliphatic heterocycles. The molecule has 0 heterocycles. The van der Waals surface area contributed by atoms with Crippen molar-refractivity contribution in [2.24, 2.45) is 0 Å². The van der Waals surface area contributed by atoms with E-state index in [0.29, 0.717) is 5.78 Å². The molecule has 24 heavy (non-hydrogen) atoms. The maximum Gasteiger partial charge on any atom is 0.132 e. The Morgan fingerprint density at radius 3 is 1.33 bits per heavy atom. The fraction of sp³-hybridized carbons (Fsp3) is 0.783. The van der Waals surface area contributed by atoms with Crippen LogP contribution in [0.15, 0.2) is 24.3 Å². The van der Waals surface area contributed by atoms with Gasteiger partial charge in [-0.3, -0.25) is 4.79 Å². The first kappa shape index (κ1) is 23.1. The molecule has 0 radical (unpaired) electrons. The van der Waals surface area contributed by atoms with Crippen LogP contribution >= 0.6 is 0 Å². The monoisotopic (exact) mass is 334 g/mol. The lowest BCUT2D eigenvalue weighted by Crippen LogP contribution is -1.97. The van der Waals surface area contributed by atoms with Crippen LogP contribution in [0.4, 0.5) is 0 Å². The second kappa shape index (κ2) is 20.2. The molecule has 0 saturated heterocycles. The highest BCUT2D eigenvalue weighted by Gasteiger charge is 2.01. The van der Waals surface area contributed by atoms with Crippen molar-refractivity contribution in [1.82, 2.24) is 0 Å². The molecular formula is C23H42O. The van der Waals surface area contributed by atoms with E-state index in [4.69, 9.17) is 0 Å². The predicted molar refractivity (Wildman–Crippen MR) is 109 cm³/mol. The van der Waals surface area contributed by atoms with Gasteiger partial charge in [0.1, 0.15) is 5.78 Å². The second-order valence-electron chi connectivity index (χ2n) is 6.91. The summed E-state index contributed by atoms with van der Waals surface area (Å²) < 4.78 is 0. The van der Waals surface area contributed by atoms with Crippen molar-refractivity contribution in [3.63, 3.8) is 0 Å². The van der Waals surface area contributed by atoms with Crippen LogP contribution < -0.4 is 0 Å². The van der Waals surface area contributed by atoms with Gasteiger partial charge in [-0.1, -0.05) is 76.7 Å². The molecule has 0 aromatic rings. The Bertz CT molecular complexity index is 284. The Balaban J connectivity index is 3.21. The van der Waals surface area contributed by atoms with Gasteiger partial charge in [-0.2, -0.15) is 0 Å². The van der Waals surface area contributed by atoms with Gasteiger partial charge in [0, 0.05) is 12.8 Å². The number of allylic oxidation sites excluding steroid dienone is 4. The summed E-state index contributed by atoms with van der Waals surface area (Å²) in [6.45, 7) is 4.36. The molecule has 1 nitrogen and oxygen atoms in total. The summed E-state index contributed by atoms with van der Waals surface area (Å²) in [4.78, 5) is 11.8. The van der Waals surface area contributed by atoms with E-state index in [9.17, 15) is 4.79 Å². The Morgan fingerprint density at radius 2 is 0.917 bits per heavy atom. The minimum atomic E-state index is 0.492. The summed E-state index contributed by atoms with van der Waals surface area (Å²) in [5.74, 6) is 0.492. The van der Waals surface area contributed by atoms with E-state index in [-0.39, 0.29) is 0 Å². The number of rotatable bonds is 18. The lowest BCUT2D eigenvalue weighted by atomic mass is 10.0. The van der Waals surface area contributed by atoms with Crippen molar-refractivity contribution in [3.05, 3.63) is 24.3 Å². The van der Waals surface area contributed by atoms with Gasteiger partial charge in [0.15, 0.2) is 0 Å². The zero-order chi connectivity index (χ0) is 17.7. The fourth-order valence-corrected chi connectivity index (χ4v) is 2.92. The van der Waals surface area contributed by atoms with Crippen molar-refractivity contribution in [2.75, 3.05) is 0 Å². The Labute approximate surface area is 152 Å². The molecule has 0 aromatic carbocycles. The highest BCUT2D eigenvalue weighted by atomic mass is 16.1. The Hall–Kier alpha value is -0.850. The topological polar surface area (TPSA) is 17.1 Å². The van der Waals surface area contributed by atoms with E-state index in [0.717, 1.165) is 38.5 Å². The molecule has 0 amide bonds. The number of carbonyl (C=O) groups is 1. The van der Waals surface area contributed by atoms with Gasteiger partial charge < -0.3 is 0 Å². The maximum absolute atomic E-state index is 11.8. The van der Waals surface area contributed by atoms with Crippen molar-refractivity contribution < 1.29 is 4.79 Å². The van der Waals surface area contributed by atoms with E-state index in [2.05, 4.69) is 38.2 Å². The van der Waals surface area contributed by atoms with Gasteiger partial charge in [0.05, 0.1) is 0 Å². The Morgan fingerprint density at radius 1 is 0.542 bits per heavy atom. The quantitative estimate of drug-likeness (QED) is 0.183. The predicted octanol–water partition coefficient (Wildman–Crippen LogP) is 7.95. The highest BCUT2D eigenvalue weighted by Crippen LogP contribution is 2.12. The number of ketones is 1. The van der Waals surface area contributed by atoms with E-state index < -0.39 is 0 Å². The third kappa shape index (κ3) is 19.2. The average molecular weight is 335 g/mol. The minimum absolute atomic E-state index is 0.492. The van der Waals surface area contributed by atoms with E-state index in [1.807, 2.05) is 0 Å². The van der Waals surface area contributed by atoms with E-state index >= 15 is 0 Å². The molecule has 0 unspecified atom stereocenters. The lowest BCUT2D eigenvalue weighted by molar-refractivity contribution is -0.119. The third-order valence-corrected chi connectivity index (χ3v) is 4.46. The number of carbonyl (C=O) groups excluding carboxylic acids is 1. The van der Waals surface area contributed by atoms with Crippen molar-refractivity contribution in [3.8, 4) is 0 Å². The van der Waals surface area contributed by atoms with Crippen LogP contribution in [0.25, 0.3) is 0 Å². The molecule has 0 spiro atoms. The average Bonchev–Trinajstić information content (AvgIpc) is 2.59. The Kier molecular flexibility index (Phi) is 19.5. The molecular weight excluding hydrogens is 292 g/mol. The van der Waals surface area contributed by atoms with Crippen molar-refractivity contribution in [2.45, 2.75) is 117 Å². The fourth-order valence-electron chi connectivity index (χ4n) is 2.92. The summed E-state index contributed by atoms with van der Waals surface area (Å²) in [5.41, 5.74) is 0. The summed E-state index contributed by atoms with van der Waals surface area (Å²) in [5, 5.41) is 0. The van der Waals surface area contributed by atoms with Gasteiger partial charge >= 0.3 is 0 Å². The molecule has 1 heteroatoms. The van der Waals surface area contributed by atoms with Gasteiger partial charge in [0.2, 0.25) is 0 Å². The lowest BCUT2D eigenvalue weighted by Gasteiger charge is -2.02. The highest BCUT2D eigenvalue weighted by molar-refractivity contribution is 5.78. The van der Waals surface area contributed by atoms with Gasteiger partial charge in [-0.15, -0.1) is 0 Å². The van der Waals surface area contributed by atoms with Gasteiger partial charge in [-0.25, -0.2) is 0 Å². The molecule has 0 aliphatic rings. The summed E-state index contributed by atoms with van der Waals surface area (Å²) in [7, 11) is 0. The van der Waals surface area contributed by atoms with Crippen molar-refractivity contribution in [1.29, 1.82) is 0 Å². The van der Waals surface area contributed by atoms with Crippen LogP contribution in [-0.4, -0.2) is 5.78 Å². The first-order valence-corrected chi connectivity index (χ1v) is 10.6. The largest absolute Gasteiger partial charge is 0.300 e. The SMILES string of the molecule is CCC=CCCCCCCCC(=O)CCCCCCCC=CCC. The second-order valence-corrected chi connectivity index (χ2v) is 6.91.